The largest absolute Gasteiger partial charge is 0.481 e. The van der Waals surface area contributed by atoms with Crippen LogP contribution in [0.25, 0.3) is 0 Å². The number of amides is 2. The van der Waals surface area contributed by atoms with E-state index in [1.54, 1.807) is 37.3 Å². The number of carboxylic acid groups (broad SMARTS) is 1. The van der Waals surface area contributed by atoms with Crippen molar-refractivity contribution in [2.75, 3.05) is 24.6 Å². The van der Waals surface area contributed by atoms with Gasteiger partial charge >= 0.3 is 5.97 Å². The minimum atomic E-state index is -1.26. The lowest BCUT2D eigenvalue weighted by Gasteiger charge is -2.37. The van der Waals surface area contributed by atoms with Crippen LogP contribution in [0.4, 0.5) is 5.69 Å². The van der Waals surface area contributed by atoms with Crippen molar-refractivity contribution >= 4 is 35.1 Å². The number of rotatable bonds is 8. The van der Waals surface area contributed by atoms with Gasteiger partial charge in [0.1, 0.15) is 17.6 Å². The maximum absolute atomic E-state index is 14.2. The van der Waals surface area contributed by atoms with E-state index in [1.807, 2.05) is 6.92 Å². The summed E-state index contributed by atoms with van der Waals surface area (Å²) in [6.45, 7) is 7.49. The van der Waals surface area contributed by atoms with Crippen LogP contribution in [0.2, 0.25) is 5.02 Å². The van der Waals surface area contributed by atoms with Crippen LogP contribution < -0.4 is 4.90 Å². The molecular formula is C24H29ClN2O6. The Morgan fingerprint density at radius 2 is 2.09 bits per heavy atom. The Kier molecular flexibility index (Phi) is 6.05. The van der Waals surface area contributed by atoms with Gasteiger partial charge in [-0.05, 0) is 37.8 Å². The number of benzene rings is 1. The molecule has 2 amide bonds. The van der Waals surface area contributed by atoms with E-state index in [4.69, 9.17) is 16.3 Å². The van der Waals surface area contributed by atoms with E-state index in [2.05, 4.69) is 6.58 Å². The first-order valence-electron chi connectivity index (χ1n) is 11.1. The van der Waals surface area contributed by atoms with Gasteiger partial charge in [-0.25, -0.2) is 0 Å². The van der Waals surface area contributed by atoms with E-state index in [1.165, 1.54) is 9.80 Å². The molecule has 8 nitrogen and oxygen atoms in total. The molecule has 33 heavy (non-hydrogen) atoms. The lowest BCUT2D eigenvalue weighted by atomic mass is 9.62. The highest BCUT2D eigenvalue weighted by Crippen LogP contribution is 2.65. The summed E-state index contributed by atoms with van der Waals surface area (Å²) in [6, 6.07) is 5.87. The first-order valence-corrected chi connectivity index (χ1v) is 11.5. The van der Waals surface area contributed by atoms with Gasteiger partial charge in [0.15, 0.2) is 0 Å². The number of aliphatic hydroxyl groups excluding tert-OH is 1. The molecule has 1 aromatic carbocycles. The molecule has 6 atom stereocenters. The van der Waals surface area contributed by atoms with E-state index in [-0.39, 0.29) is 32.0 Å². The van der Waals surface area contributed by atoms with E-state index in [9.17, 15) is 24.6 Å². The van der Waals surface area contributed by atoms with Crippen molar-refractivity contribution in [1.82, 2.24) is 4.90 Å². The molecule has 0 aromatic heterocycles. The summed E-state index contributed by atoms with van der Waals surface area (Å²) in [5.41, 5.74) is -1.84. The van der Waals surface area contributed by atoms with Crippen LogP contribution in [0, 0.1) is 17.8 Å². The second-order valence-electron chi connectivity index (χ2n) is 9.34. The maximum Gasteiger partial charge on any atom is 0.310 e. The third-order valence-electron chi connectivity index (χ3n) is 7.59. The molecule has 3 saturated heterocycles. The first-order chi connectivity index (χ1) is 15.6. The Bertz CT molecular complexity index is 1000. The monoisotopic (exact) mass is 476 g/mol. The maximum atomic E-state index is 14.2. The molecular weight excluding hydrogens is 448 g/mol. The quantitative estimate of drug-likeness (QED) is 0.558. The lowest BCUT2D eigenvalue weighted by Crippen LogP contribution is -2.57. The second-order valence-corrected chi connectivity index (χ2v) is 9.75. The smallest absolute Gasteiger partial charge is 0.310 e. The Labute approximate surface area is 197 Å². The molecule has 2 N–H and O–H groups in total. The number of halogens is 1. The number of ether oxygens (including phenoxy) is 1. The highest BCUT2D eigenvalue weighted by Gasteiger charge is 2.80. The zero-order valence-corrected chi connectivity index (χ0v) is 19.5. The van der Waals surface area contributed by atoms with Gasteiger partial charge in [0.25, 0.3) is 5.91 Å². The number of likely N-dealkylation sites (tertiary alicyclic amines) is 1. The van der Waals surface area contributed by atoms with Crippen molar-refractivity contribution in [3.63, 3.8) is 0 Å². The standard InChI is InChI=1S/C24H29ClN2O6/c1-4-10-26(16-9-6-5-8-15(16)25)21(30)19-24-13-14(2)23(3,33-24)18(22(31)32)17(24)20(29)27(19)11-7-12-28/h4-6,8-9,14,17-19,28H,1,7,10-13H2,2-3H3,(H,31,32)/t14?,17-,18+,19?,23-,24?/m0/s1. The molecule has 178 valence electrons. The average Bonchev–Trinajstić information content (AvgIpc) is 3.27. The van der Waals surface area contributed by atoms with Crippen LogP contribution in [0.15, 0.2) is 36.9 Å². The molecule has 9 heteroatoms. The number of para-hydroxylation sites is 1. The summed E-state index contributed by atoms with van der Waals surface area (Å²) in [6.07, 6.45) is 2.22. The number of fused-ring (bicyclic) bond motifs is 1. The van der Waals surface area contributed by atoms with Gasteiger partial charge in [-0.2, -0.15) is 0 Å². The number of nitrogens with zero attached hydrogens (tertiary/aromatic N) is 2. The Morgan fingerprint density at radius 3 is 2.70 bits per heavy atom. The normalized spacial score (nSPS) is 34.4. The van der Waals surface area contributed by atoms with E-state index >= 15 is 0 Å². The molecule has 3 aliphatic heterocycles. The van der Waals surface area contributed by atoms with Gasteiger partial charge in [-0.3, -0.25) is 14.4 Å². The van der Waals surface area contributed by atoms with Gasteiger partial charge < -0.3 is 24.7 Å². The fourth-order valence-electron chi connectivity index (χ4n) is 6.13. The SMILES string of the molecule is C=CCN(C(=O)C1N(CCCO)C(=O)[C@@H]2[C@H](C(=O)O)[C@@]3(C)OC12CC3C)c1ccccc1Cl. The van der Waals surface area contributed by atoms with E-state index < -0.39 is 46.9 Å². The summed E-state index contributed by atoms with van der Waals surface area (Å²) >= 11 is 6.40. The summed E-state index contributed by atoms with van der Waals surface area (Å²) in [4.78, 5) is 43.0. The van der Waals surface area contributed by atoms with E-state index in [0.29, 0.717) is 17.1 Å². The molecule has 3 unspecified atom stereocenters. The molecule has 2 bridgehead atoms. The van der Waals surface area contributed by atoms with Gasteiger partial charge in [0.05, 0.1) is 22.2 Å². The predicted molar refractivity (Wildman–Crippen MR) is 122 cm³/mol. The Hall–Kier alpha value is -2.42. The van der Waals surface area contributed by atoms with Crippen LogP contribution in [-0.2, 0) is 19.1 Å². The number of carbonyl (C=O) groups excluding carboxylic acids is 2. The molecule has 3 heterocycles. The van der Waals surface area contributed by atoms with Gasteiger partial charge in [0, 0.05) is 19.7 Å². The first kappa shape index (κ1) is 23.7. The van der Waals surface area contributed by atoms with Gasteiger partial charge in [-0.1, -0.05) is 36.7 Å². The molecule has 0 saturated carbocycles. The van der Waals surface area contributed by atoms with Crippen molar-refractivity contribution in [2.24, 2.45) is 17.8 Å². The molecule has 3 fully saturated rings. The lowest BCUT2D eigenvalue weighted by molar-refractivity contribution is -0.156. The zero-order chi connectivity index (χ0) is 24.1. The number of anilines is 1. The zero-order valence-electron chi connectivity index (χ0n) is 18.7. The number of aliphatic hydroxyl groups is 1. The number of hydrogen-bond donors (Lipinski definition) is 2. The molecule has 1 spiro atoms. The van der Waals surface area contributed by atoms with Crippen molar-refractivity contribution < 1.29 is 29.3 Å². The highest BCUT2D eigenvalue weighted by atomic mass is 35.5. The number of carbonyl (C=O) groups is 3. The number of carboxylic acids is 1. The fourth-order valence-corrected chi connectivity index (χ4v) is 6.37. The molecule has 3 aliphatic rings. The number of hydrogen-bond acceptors (Lipinski definition) is 5. The Balaban J connectivity index is 1.84. The van der Waals surface area contributed by atoms with Crippen molar-refractivity contribution in [2.45, 2.75) is 43.9 Å². The molecule has 1 aromatic rings. The molecule has 4 rings (SSSR count). The van der Waals surface area contributed by atoms with E-state index in [0.717, 1.165) is 0 Å². The van der Waals surface area contributed by atoms with Crippen LogP contribution >= 0.6 is 11.6 Å². The van der Waals surface area contributed by atoms with Crippen molar-refractivity contribution in [3.05, 3.63) is 41.9 Å². The van der Waals surface area contributed by atoms with Crippen LogP contribution in [0.1, 0.15) is 26.7 Å². The topological polar surface area (TPSA) is 107 Å². The molecule has 0 aliphatic carbocycles. The van der Waals surface area contributed by atoms with Gasteiger partial charge in [-0.15, -0.1) is 6.58 Å². The van der Waals surface area contributed by atoms with Crippen molar-refractivity contribution in [1.29, 1.82) is 0 Å². The second kappa shape index (κ2) is 8.42. The van der Waals surface area contributed by atoms with Gasteiger partial charge in [0.2, 0.25) is 5.91 Å². The van der Waals surface area contributed by atoms with Crippen LogP contribution in [-0.4, -0.2) is 69.8 Å². The third-order valence-corrected chi connectivity index (χ3v) is 7.91. The summed E-state index contributed by atoms with van der Waals surface area (Å²) in [7, 11) is 0. The minimum absolute atomic E-state index is 0.120. The summed E-state index contributed by atoms with van der Waals surface area (Å²) in [5.74, 6) is -4.11. The summed E-state index contributed by atoms with van der Waals surface area (Å²) < 4.78 is 6.45. The van der Waals surface area contributed by atoms with Crippen LogP contribution in [0.5, 0.6) is 0 Å². The predicted octanol–water partition coefficient (Wildman–Crippen LogP) is 2.34. The molecule has 0 radical (unpaired) electrons. The third kappa shape index (κ3) is 3.30. The number of aliphatic carboxylic acids is 1. The highest BCUT2D eigenvalue weighted by molar-refractivity contribution is 6.34. The van der Waals surface area contributed by atoms with Crippen LogP contribution in [0.3, 0.4) is 0 Å². The minimum Gasteiger partial charge on any atom is -0.481 e. The summed E-state index contributed by atoms with van der Waals surface area (Å²) in [5, 5.41) is 19.8. The average molecular weight is 477 g/mol. The Morgan fingerprint density at radius 1 is 1.39 bits per heavy atom. The van der Waals surface area contributed by atoms with Crippen molar-refractivity contribution in [3.8, 4) is 0 Å². The fraction of sp³-hybridized carbons (Fsp3) is 0.542.